The summed E-state index contributed by atoms with van der Waals surface area (Å²) in [4.78, 5) is 4.95. The monoisotopic (exact) mass is 126 g/mol. The average molecular weight is 126 g/mol. The Morgan fingerprint density at radius 2 is 1.44 bits per heavy atom. The summed E-state index contributed by atoms with van der Waals surface area (Å²) < 4.78 is 0. The van der Waals surface area contributed by atoms with E-state index in [1.54, 1.807) is 0 Å². The first-order valence-electron chi connectivity index (χ1n) is 3.68. The summed E-state index contributed by atoms with van der Waals surface area (Å²) in [5, 5.41) is 0. The highest BCUT2D eigenvalue weighted by Gasteiger charge is 2.38. The fourth-order valence-electron chi connectivity index (χ4n) is 2.06. The van der Waals surface area contributed by atoms with Crippen molar-refractivity contribution in [2.75, 3.05) is 27.2 Å². The summed E-state index contributed by atoms with van der Waals surface area (Å²) in [6.07, 6.45) is 1.41. The lowest BCUT2D eigenvalue weighted by Gasteiger charge is -2.28. The van der Waals surface area contributed by atoms with Crippen LogP contribution in [0.4, 0.5) is 0 Å². The van der Waals surface area contributed by atoms with Crippen molar-refractivity contribution in [3.8, 4) is 0 Å². The third kappa shape index (κ3) is 0.700. The van der Waals surface area contributed by atoms with Crippen molar-refractivity contribution in [3.63, 3.8) is 0 Å². The number of rotatable bonds is 0. The Balaban J connectivity index is 2.10. The zero-order chi connectivity index (χ0) is 6.43. The summed E-state index contributed by atoms with van der Waals surface area (Å²) in [6.45, 7) is 2.59. The maximum atomic E-state index is 2.48. The minimum atomic E-state index is 0.875. The number of likely N-dealkylation sites (N-methyl/N-ethyl adjacent to an activating group) is 2. The van der Waals surface area contributed by atoms with Crippen LogP contribution in [0.5, 0.6) is 0 Å². The van der Waals surface area contributed by atoms with Crippen molar-refractivity contribution in [2.45, 2.75) is 18.5 Å². The van der Waals surface area contributed by atoms with E-state index >= 15 is 0 Å². The second-order valence-corrected chi connectivity index (χ2v) is 3.42. The predicted molar refractivity (Wildman–Crippen MR) is 37.5 cm³/mol. The Hall–Kier alpha value is -0.0800. The lowest BCUT2D eigenvalue weighted by atomic mass is 10.2. The first kappa shape index (κ1) is 5.69. The molecule has 0 aliphatic carbocycles. The molecule has 0 aromatic rings. The van der Waals surface area contributed by atoms with Crippen LogP contribution in [0.1, 0.15) is 6.42 Å². The Bertz CT molecular complexity index is 106. The molecule has 2 atom stereocenters. The van der Waals surface area contributed by atoms with Gasteiger partial charge in [0.25, 0.3) is 0 Å². The maximum Gasteiger partial charge on any atom is 0.0236 e. The van der Waals surface area contributed by atoms with Gasteiger partial charge in [-0.2, -0.15) is 0 Å². The first-order chi connectivity index (χ1) is 4.27. The van der Waals surface area contributed by atoms with E-state index < -0.39 is 0 Å². The topological polar surface area (TPSA) is 6.48 Å². The number of fused-ring (bicyclic) bond motifs is 2. The van der Waals surface area contributed by atoms with E-state index in [0.29, 0.717) is 0 Å². The number of nitrogens with zero attached hydrogens (tertiary/aromatic N) is 2. The third-order valence-electron chi connectivity index (χ3n) is 2.79. The highest BCUT2D eigenvalue weighted by atomic mass is 15.3. The molecule has 0 aromatic heterocycles. The van der Waals surface area contributed by atoms with E-state index in [9.17, 15) is 0 Å². The smallest absolute Gasteiger partial charge is 0.0236 e. The molecule has 52 valence electrons. The summed E-state index contributed by atoms with van der Waals surface area (Å²) in [7, 11) is 4.47. The van der Waals surface area contributed by atoms with Crippen LogP contribution in [0, 0.1) is 0 Å². The van der Waals surface area contributed by atoms with Crippen LogP contribution < -0.4 is 0 Å². The minimum Gasteiger partial charge on any atom is -0.301 e. The van der Waals surface area contributed by atoms with E-state index in [-0.39, 0.29) is 0 Å². The van der Waals surface area contributed by atoms with Gasteiger partial charge in [0, 0.05) is 25.2 Å². The standard InChI is InChI=1S/C7H14N2/c1-8-4-7-3-6(8)5-9(7)2/h6-7H,3-5H2,1-2H3/t6-,7?/m0/s1. The average Bonchev–Trinajstić information content (AvgIpc) is 2.24. The lowest BCUT2D eigenvalue weighted by molar-refractivity contribution is 0.176. The van der Waals surface area contributed by atoms with Crippen LogP contribution in [0.15, 0.2) is 0 Å². The number of hydrogen-bond donors (Lipinski definition) is 0. The minimum absolute atomic E-state index is 0.875. The molecule has 2 heteroatoms. The molecule has 2 fully saturated rings. The van der Waals surface area contributed by atoms with Crippen LogP contribution in [0.25, 0.3) is 0 Å². The van der Waals surface area contributed by atoms with Gasteiger partial charge in [0.15, 0.2) is 0 Å². The summed E-state index contributed by atoms with van der Waals surface area (Å²) in [6, 6.07) is 1.75. The Morgan fingerprint density at radius 3 is 1.67 bits per heavy atom. The number of likely N-dealkylation sites (tertiary alicyclic amines) is 2. The van der Waals surface area contributed by atoms with Gasteiger partial charge < -0.3 is 9.80 Å². The molecule has 0 amide bonds. The molecule has 0 aromatic carbocycles. The quantitative estimate of drug-likeness (QED) is 0.451. The molecule has 2 aliphatic rings. The fourth-order valence-corrected chi connectivity index (χ4v) is 2.06. The molecule has 0 spiro atoms. The second-order valence-electron chi connectivity index (χ2n) is 3.42. The molecular formula is C7H14N2. The molecule has 9 heavy (non-hydrogen) atoms. The first-order valence-corrected chi connectivity index (χ1v) is 3.68. The molecule has 2 bridgehead atoms. The van der Waals surface area contributed by atoms with Gasteiger partial charge in [-0.05, 0) is 20.5 Å². The van der Waals surface area contributed by atoms with E-state index in [1.165, 1.54) is 19.5 Å². The van der Waals surface area contributed by atoms with Crippen LogP contribution in [0.3, 0.4) is 0 Å². The van der Waals surface area contributed by atoms with Gasteiger partial charge in [-0.15, -0.1) is 0 Å². The zero-order valence-electron chi connectivity index (χ0n) is 6.17. The van der Waals surface area contributed by atoms with E-state index in [0.717, 1.165) is 12.1 Å². The van der Waals surface area contributed by atoms with Crippen LogP contribution in [0.2, 0.25) is 0 Å². The van der Waals surface area contributed by atoms with E-state index in [1.807, 2.05) is 0 Å². The van der Waals surface area contributed by atoms with Gasteiger partial charge in [0.1, 0.15) is 0 Å². The van der Waals surface area contributed by atoms with Gasteiger partial charge in [0.2, 0.25) is 0 Å². The summed E-state index contributed by atoms with van der Waals surface area (Å²) in [5.41, 5.74) is 0. The molecule has 2 rings (SSSR count). The lowest BCUT2D eigenvalue weighted by Crippen LogP contribution is -2.42. The van der Waals surface area contributed by atoms with Crippen molar-refractivity contribution < 1.29 is 0 Å². The molecule has 2 aliphatic heterocycles. The Kier molecular flexibility index (Phi) is 1.08. The highest BCUT2D eigenvalue weighted by Crippen LogP contribution is 2.27. The molecule has 0 saturated carbocycles. The molecule has 2 heterocycles. The Morgan fingerprint density at radius 1 is 1.00 bits per heavy atom. The molecule has 0 N–H and O–H groups in total. The van der Waals surface area contributed by atoms with Gasteiger partial charge in [-0.1, -0.05) is 0 Å². The summed E-state index contributed by atoms with van der Waals surface area (Å²) in [5.74, 6) is 0. The third-order valence-corrected chi connectivity index (χ3v) is 2.79. The van der Waals surface area contributed by atoms with E-state index in [2.05, 4.69) is 23.9 Å². The largest absolute Gasteiger partial charge is 0.301 e. The predicted octanol–water partition coefficient (Wildman–Crippen LogP) is 0.00450. The number of piperazine rings is 1. The SMILES string of the molecule is CN1C[C@@H]2CC1CN2C. The molecular weight excluding hydrogens is 112 g/mol. The highest BCUT2D eigenvalue weighted by molar-refractivity contribution is 4.96. The van der Waals surface area contributed by atoms with Crippen molar-refractivity contribution in [2.24, 2.45) is 0 Å². The molecule has 2 nitrogen and oxygen atoms in total. The summed E-state index contributed by atoms with van der Waals surface area (Å²) >= 11 is 0. The zero-order valence-corrected chi connectivity index (χ0v) is 6.17. The van der Waals surface area contributed by atoms with Gasteiger partial charge in [-0.3, -0.25) is 0 Å². The van der Waals surface area contributed by atoms with Gasteiger partial charge in [-0.25, -0.2) is 0 Å². The maximum absolute atomic E-state index is 2.48. The van der Waals surface area contributed by atoms with Gasteiger partial charge >= 0.3 is 0 Å². The van der Waals surface area contributed by atoms with Crippen molar-refractivity contribution in [3.05, 3.63) is 0 Å². The van der Waals surface area contributed by atoms with Crippen LogP contribution >= 0.6 is 0 Å². The van der Waals surface area contributed by atoms with Crippen molar-refractivity contribution >= 4 is 0 Å². The molecule has 2 saturated heterocycles. The molecule has 1 unspecified atom stereocenters. The number of hydrogen-bond acceptors (Lipinski definition) is 2. The normalized spacial score (nSPS) is 44.7. The Labute approximate surface area is 56.4 Å². The fraction of sp³-hybridized carbons (Fsp3) is 1.00. The van der Waals surface area contributed by atoms with Crippen LogP contribution in [-0.4, -0.2) is 49.1 Å². The van der Waals surface area contributed by atoms with Crippen LogP contribution in [-0.2, 0) is 0 Å². The van der Waals surface area contributed by atoms with Crippen molar-refractivity contribution in [1.82, 2.24) is 9.80 Å². The van der Waals surface area contributed by atoms with Gasteiger partial charge in [0.05, 0.1) is 0 Å². The van der Waals surface area contributed by atoms with E-state index in [4.69, 9.17) is 0 Å². The second kappa shape index (κ2) is 1.70. The molecule has 0 radical (unpaired) electrons. The van der Waals surface area contributed by atoms with Crippen molar-refractivity contribution in [1.29, 1.82) is 0 Å².